The van der Waals surface area contributed by atoms with Gasteiger partial charge in [0.15, 0.2) is 5.82 Å². The van der Waals surface area contributed by atoms with Crippen LogP contribution >= 0.6 is 0 Å². The number of rotatable bonds is 7. The number of hydrogen-bond donors (Lipinski definition) is 2. The van der Waals surface area contributed by atoms with Crippen molar-refractivity contribution in [2.75, 3.05) is 6.54 Å². The zero-order chi connectivity index (χ0) is 15.3. The van der Waals surface area contributed by atoms with E-state index in [0.717, 1.165) is 24.1 Å². The molecule has 0 aliphatic rings. The van der Waals surface area contributed by atoms with E-state index in [1.807, 2.05) is 13.0 Å². The molecule has 1 aromatic carbocycles. The van der Waals surface area contributed by atoms with Crippen molar-refractivity contribution in [2.45, 2.75) is 31.8 Å². The van der Waals surface area contributed by atoms with Crippen LogP contribution in [0.1, 0.15) is 23.9 Å². The Labute approximate surface area is 123 Å². The monoisotopic (exact) mass is 310 g/mol. The maximum atomic E-state index is 12.4. The Balaban J connectivity index is 2.19. The molecule has 21 heavy (non-hydrogen) atoms. The Hall–Kier alpha value is -1.77. The van der Waals surface area contributed by atoms with E-state index < -0.39 is 10.0 Å². The lowest BCUT2D eigenvalue weighted by Gasteiger charge is -2.12. The van der Waals surface area contributed by atoms with Crippen LogP contribution in [0.2, 0.25) is 0 Å². The van der Waals surface area contributed by atoms with Gasteiger partial charge in [0.25, 0.3) is 0 Å². The first-order chi connectivity index (χ1) is 10.0. The van der Waals surface area contributed by atoms with Crippen LogP contribution in [0.4, 0.5) is 0 Å². The highest BCUT2D eigenvalue weighted by atomic mass is 32.2. The van der Waals surface area contributed by atoms with Crippen LogP contribution in [-0.4, -0.2) is 25.1 Å². The normalized spacial score (nSPS) is 11.7. The highest BCUT2D eigenvalue weighted by Gasteiger charge is 2.18. The van der Waals surface area contributed by atoms with E-state index in [0.29, 0.717) is 12.4 Å². The smallest absolute Gasteiger partial charge is 0.241 e. The van der Waals surface area contributed by atoms with E-state index in [4.69, 9.17) is 0 Å². The molecule has 1 heterocycles. The quantitative estimate of drug-likeness (QED) is 0.791. The van der Waals surface area contributed by atoms with Gasteiger partial charge in [-0.2, -0.15) is 4.98 Å². The zero-order valence-electron chi connectivity index (χ0n) is 12.0. The van der Waals surface area contributed by atoms with Crippen LogP contribution in [-0.2, 0) is 23.1 Å². The summed E-state index contributed by atoms with van der Waals surface area (Å²) in [7, 11) is -3.61. The molecule has 0 bridgehead atoms. The molecule has 0 amide bonds. The van der Waals surface area contributed by atoms with Gasteiger partial charge >= 0.3 is 0 Å². The zero-order valence-corrected chi connectivity index (χ0v) is 12.8. The van der Waals surface area contributed by atoms with Gasteiger partial charge in [0, 0.05) is 6.54 Å². The molecular weight excluding hydrogens is 292 g/mol. The van der Waals surface area contributed by atoms with Crippen molar-refractivity contribution in [3.63, 3.8) is 0 Å². The third-order valence-corrected chi connectivity index (χ3v) is 4.62. The number of aromatic nitrogens is 2. The summed E-state index contributed by atoms with van der Waals surface area (Å²) >= 11 is 0. The summed E-state index contributed by atoms with van der Waals surface area (Å²) < 4.78 is 31.8. The van der Waals surface area contributed by atoms with Gasteiger partial charge in [-0.1, -0.05) is 24.2 Å². The van der Waals surface area contributed by atoms with Gasteiger partial charge in [-0.3, -0.25) is 0 Å². The third-order valence-electron chi connectivity index (χ3n) is 3.08. The molecular formula is C13H18N4O3S. The summed E-state index contributed by atoms with van der Waals surface area (Å²) in [6.45, 7) is 5.26. The summed E-state index contributed by atoms with van der Waals surface area (Å²) in [5.74, 6) is 0.292. The van der Waals surface area contributed by atoms with Gasteiger partial charge in [-0.25, -0.2) is 13.1 Å². The minimum absolute atomic E-state index is 0.00426. The first-order valence-corrected chi connectivity index (χ1v) is 8.07. The molecule has 2 N–H and O–H groups in total. The average Bonchev–Trinajstić information content (AvgIpc) is 2.97. The van der Waals surface area contributed by atoms with Crippen LogP contribution in [0.3, 0.4) is 0 Å². The molecule has 0 spiro atoms. The summed E-state index contributed by atoms with van der Waals surface area (Å²) in [4.78, 5) is 4.04. The Bertz CT molecular complexity index is 683. The van der Waals surface area contributed by atoms with Gasteiger partial charge in [0.05, 0.1) is 11.4 Å². The second kappa shape index (κ2) is 6.79. The number of hydrogen-bond acceptors (Lipinski definition) is 6. The second-order valence-corrected chi connectivity index (χ2v) is 6.23. The van der Waals surface area contributed by atoms with Crippen LogP contribution in [0.25, 0.3) is 0 Å². The maximum absolute atomic E-state index is 12.4. The summed E-state index contributed by atoms with van der Waals surface area (Å²) in [5, 5.41) is 6.76. The Kier molecular flexibility index (Phi) is 5.05. The summed E-state index contributed by atoms with van der Waals surface area (Å²) in [6.07, 6.45) is 1.16. The van der Waals surface area contributed by atoms with Crippen molar-refractivity contribution in [3.05, 3.63) is 41.5 Å². The lowest BCUT2D eigenvalue weighted by Crippen LogP contribution is -2.25. The third kappa shape index (κ3) is 3.87. The fraction of sp³-hybridized carbons (Fsp3) is 0.385. The molecule has 0 atom stereocenters. The average molecular weight is 310 g/mol. The van der Waals surface area contributed by atoms with Crippen LogP contribution in [0, 0.1) is 6.92 Å². The lowest BCUT2D eigenvalue weighted by atomic mass is 10.1. The molecule has 0 fully saturated rings. The molecule has 8 heteroatoms. The van der Waals surface area contributed by atoms with Crippen molar-refractivity contribution in [3.8, 4) is 0 Å². The van der Waals surface area contributed by atoms with E-state index in [-0.39, 0.29) is 11.4 Å². The van der Waals surface area contributed by atoms with Crippen molar-refractivity contribution in [2.24, 2.45) is 0 Å². The highest BCUT2D eigenvalue weighted by molar-refractivity contribution is 7.89. The summed E-state index contributed by atoms with van der Waals surface area (Å²) in [6, 6.07) is 5.24. The first kappa shape index (κ1) is 15.6. The van der Waals surface area contributed by atoms with E-state index in [2.05, 4.69) is 24.7 Å². The number of nitrogens with zero attached hydrogens (tertiary/aromatic N) is 2. The van der Waals surface area contributed by atoms with Gasteiger partial charge in [-0.05, 0) is 30.7 Å². The van der Waals surface area contributed by atoms with Crippen molar-refractivity contribution < 1.29 is 12.9 Å². The molecule has 114 valence electrons. The van der Waals surface area contributed by atoms with Crippen molar-refractivity contribution in [1.29, 1.82) is 0 Å². The van der Waals surface area contributed by atoms with Crippen LogP contribution in [0.15, 0.2) is 34.0 Å². The standard InChI is InChI=1S/C13H18N4O3S/c1-3-14-7-11-5-4-6-12(10(11)2)21(18,19)16-8-13-15-9-20-17-13/h4-6,9,14,16H,3,7-8H2,1-2H3. The first-order valence-electron chi connectivity index (χ1n) is 6.58. The van der Waals surface area contributed by atoms with Gasteiger partial charge in [-0.15, -0.1) is 0 Å². The Morgan fingerprint density at radius 2 is 2.10 bits per heavy atom. The SMILES string of the molecule is CCNCc1cccc(S(=O)(=O)NCc2ncon2)c1C. The fourth-order valence-corrected chi connectivity index (χ4v) is 3.18. The Morgan fingerprint density at radius 3 is 2.76 bits per heavy atom. The molecule has 2 aromatic rings. The van der Waals surface area contributed by atoms with Gasteiger partial charge in [0.1, 0.15) is 0 Å². The van der Waals surface area contributed by atoms with Gasteiger partial charge < -0.3 is 9.84 Å². The molecule has 7 nitrogen and oxygen atoms in total. The molecule has 0 saturated carbocycles. The van der Waals surface area contributed by atoms with Crippen LogP contribution < -0.4 is 10.0 Å². The summed E-state index contributed by atoms with van der Waals surface area (Å²) in [5.41, 5.74) is 1.69. The maximum Gasteiger partial charge on any atom is 0.241 e. The number of sulfonamides is 1. The highest BCUT2D eigenvalue weighted by Crippen LogP contribution is 2.19. The molecule has 2 rings (SSSR count). The molecule has 0 unspecified atom stereocenters. The predicted octanol–water partition coefficient (Wildman–Crippen LogP) is 0.966. The molecule has 0 saturated heterocycles. The van der Waals surface area contributed by atoms with E-state index in [1.54, 1.807) is 19.1 Å². The lowest BCUT2D eigenvalue weighted by molar-refractivity contribution is 0.409. The molecule has 0 aliphatic carbocycles. The minimum Gasteiger partial charge on any atom is -0.343 e. The number of benzene rings is 1. The van der Waals surface area contributed by atoms with Gasteiger partial charge in [0.2, 0.25) is 16.4 Å². The molecule has 0 radical (unpaired) electrons. The number of nitrogens with one attached hydrogen (secondary N) is 2. The largest absolute Gasteiger partial charge is 0.343 e. The van der Waals surface area contributed by atoms with E-state index in [9.17, 15) is 8.42 Å². The van der Waals surface area contributed by atoms with Crippen molar-refractivity contribution >= 4 is 10.0 Å². The van der Waals surface area contributed by atoms with Crippen molar-refractivity contribution in [1.82, 2.24) is 20.2 Å². The van der Waals surface area contributed by atoms with Crippen LogP contribution in [0.5, 0.6) is 0 Å². The Morgan fingerprint density at radius 1 is 1.29 bits per heavy atom. The fourth-order valence-electron chi connectivity index (χ4n) is 1.91. The minimum atomic E-state index is -3.61. The second-order valence-electron chi connectivity index (χ2n) is 4.49. The van der Waals surface area contributed by atoms with E-state index in [1.165, 1.54) is 0 Å². The van der Waals surface area contributed by atoms with E-state index >= 15 is 0 Å². The molecule has 1 aromatic heterocycles. The predicted molar refractivity (Wildman–Crippen MR) is 76.9 cm³/mol. The molecule has 0 aliphatic heterocycles. The topological polar surface area (TPSA) is 97.1 Å².